The minimum absolute atomic E-state index is 0.00308. The molecule has 0 unspecified atom stereocenters. The van der Waals surface area contributed by atoms with Gasteiger partial charge in [0.15, 0.2) is 10.9 Å². The highest BCUT2D eigenvalue weighted by Gasteiger charge is 2.50. The molecule has 0 bridgehead atoms. The number of rotatable bonds is 3. The standard InChI is InChI=1S/C20H18N2O2S2/c1-12-3-5-15(6-4-12)19-22-17(11-26-19)18(24)21(20(22)25)16-9-7-14(8-10-16)13(2)23/h3-10,17,19H,11H2,1-2H3/t17-,19-/m1/s1. The van der Waals surface area contributed by atoms with Gasteiger partial charge < -0.3 is 4.90 Å². The van der Waals surface area contributed by atoms with Gasteiger partial charge in [0.1, 0.15) is 11.4 Å². The summed E-state index contributed by atoms with van der Waals surface area (Å²) in [6.07, 6.45) is 0. The van der Waals surface area contributed by atoms with Crippen LogP contribution in [0.2, 0.25) is 0 Å². The number of Topliss-reactive ketones (excluding diaryl/α,β-unsaturated/α-hetero) is 1. The van der Waals surface area contributed by atoms with E-state index in [1.165, 1.54) is 12.5 Å². The van der Waals surface area contributed by atoms with Gasteiger partial charge in [-0.1, -0.05) is 29.8 Å². The Morgan fingerprint density at radius 2 is 1.77 bits per heavy atom. The van der Waals surface area contributed by atoms with Crippen LogP contribution in [0.25, 0.3) is 0 Å². The summed E-state index contributed by atoms with van der Waals surface area (Å²) in [5.74, 6) is 0.732. The van der Waals surface area contributed by atoms with Crippen LogP contribution in [-0.2, 0) is 4.79 Å². The van der Waals surface area contributed by atoms with Crippen LogP contribution in [0.4, 0.5) is 5.69 Å². The van der Waals surface area contributed by atoms with E-state index in [0.717, 1.165) is 11.3 Å². The van der Waals surface area contributed by atoms with E-state index < -0.39 is 0 Å². The molecule has 2 heterocycles. The maximum absolute atomic E-state index is 13.0. The molecule has 26 heavy (non-hydrogen) atoms. The number of hydrogen-bond donors (Lipinski definition) is 0. The fourth-order valence-corrected chi connectivity index (χ4v) is 5.28. The largest absolute Gasteiger partial charge is 0.319 e. The first-order chi connectivity index (χ1) is 12.5. The third-order valence-electron chi connectivity index (χ3n) is 4.81. The molecule has 0 aromatic heterocycles. The molecule has 2 aromatic rings. The van der Waals surface area contributed by atoms with Crippen molar-refractivity contribution in [2.45, 2.75) is 25.3 Å². The minimum Gasteiger partial charge on any atom is -0.319 e. The Hall–Kier alpha value is -2.18. The van der Waals surface area contributed by atoms with Gasteiger partial charge in [-0.3, -0.25) is 14.5 Å². The van der Waals surface area contributed by atoms with Gasteiger partial charge in [0.05, 0.1) is 5.69 Å². The van der Waals surface area contributed by atoms with Gasteiger partial charge in [0.2, 0.25) is 0 Å². The van der Waals surface area contributed by atoms with Crippen molar-refractivity contribution in [3.05, 3.63) is 65.2 Å². The van der Waals surface area contributed by atoms with Gasteiger partial charge in [-0.05, 0) is 55.9 Å². The third kappa shape index (κ3) is 2.73. The van der Waals surface area contributed by atoms with Crippen LogP contribution in [0, 0.1) is 6.92 Å². The van der Waals surface area contributed by atoms with Crippen molar-refractivity contribution in [2.24, 2.45) is 0 Å². The molecular weight excluding hydrogens is 364 g/mol. The summed E-state index contributed by atoms with van der Waals surface area (Å²) >= 11 is 7.43. The van der Waals surface area contributed by atoms with Crippen LogP contribution in [0.3, 0.4) is 0 Å². The van der Waals surface area contributed by atoms with Crippen molar-refractivity contribution in [1.82, 2.24) is 4.90 Å². The second-order valence-corrected chi connectivity index (χ2v) is 8.06. The molecule has 2 aliphatic heterocycles. The lowest BCUT2D eigenvalue weighted by molar-refractivity contribution is -0.119. The summed E-state index contributed by atoms with van der Waals surface area (Å²) in [6.45, 7) is 3.59. The predicted octanol–water partition coefficient (Wildman–Crippen LogP) is 3.95. The van der Waals surface area contributed by atoms with E-state index in [4.69, 9.17) is 12.2 Å². The quantitative estimate of drug-likeness (QED) is 0.594. The van der Waals surface area contributed by atoms with Crippen molar-refractivity contribution in [3.8, 4) is 0 Å². The lowest BCUT2D eigenvalue weighted by Gasteiger charge is -2.25. The molecule has 0 aliphatic carbocycles. The van der Waals surface area contributed by atoms with Gasteiger partial charge in [0.25, 0.3) is 5.91 Å². The first-order valence-corrected chi connectivity index (χ1v) is 9.88. The van der Waals surface area contributed by atoms with E-state index in [0.29, 0.717) is 16.4 Å². The van der Waals surface area contributed by atoms with Crippen molar-refractivity contribution in [2.75, 3.05) is 10.7 Å². The lowest BCUT2D eigenvalue weighted by atomic mass is 10.1. The zero-order chi connectivity index (χ0) is 18.4. The second kappa shape index (κ2) is 6.52. The summed E-state index contributed by atoms with van der Waals surface area (Å²) in [6, 6.07) is 15.2. The molecule has 2 fully saturated rings. The summed E-state index contributed by atoms with van der Waals surface area (Å²) in [7, 11) is 0. The van der Waals surface area contributed by atoms with E-state index in [1.54, 1.807) is 40.9 Å². The molecular formula is C20H18N2O2S2. The van der Waals surface area contributed by atoms with Crippen LogP contribution < -0.4 is 4.90 Å². The molecule has 4 rings (SSSR count). The second-order valence-electron chi connectivity index (χ2n) is 6.58. The number of carbonyl (C=O) groups is 2. The molecule has 2 aromatic carbocycles. The van der Waals surface area contributed by atoms with Crippen LogP contribution >= 0.6 is 24.0 Å². The number of hydrogen-bond acceptors (Lipinski definition) is 4. The highest BCUT2D eigenvalue weighted by atomic mass is 32.2. The summed E-state index contributed by atoms with van der Waals surface area (Å²) in [5, 5.41) is 0.588. The molecule has 1 amide bonds. The number of fused-ring (bicyclic) bond motifs is 1. The molecule has 132 valence electrons. The fourth-order valence-electron chi connectivity index (χ4n) is 3.36. The van der Waals surface area contributed by atoms with Crippen LogP contribution in [0.1, 0.15) is 33.8 Å². The molecule has 0 N–H and O–H groups in total. The van der Waals surface area contributed by atoms with E-state index >= 15 is 0 Å². The van der Waals surface area contributed by atoms with Gasteiger partial charge in [-0.2, -0.15) is 0 Å². The van der Waals surface area contributed by atoms with E-state index in [2.05, 4.69) is 31.2 Å². The minimum atomic E-state index is -0.230. The number of amides is 1. The smallest absolute Gasteiger partial charge is 0.257 e. The van der Waals surface area contributed by atoms with Crippen LogP contribution in [0.5, 0.6) is 0 Å². The Morgan fingerprint density at radius 3 is 2.38 bits per heavy atom. The monoisotopic (exact) mass is 382 g/mol. The van der Waals surface area contributed by atoms with E-state index in [9.17, 15) is 9.59 Å². The molecule has 2 saturated heterocycles. The normalized spacial score (nSPS) is 22.1. The number of thiocarbonyl (C=S) groups is 1. The molecule has 0 spiro atoms. The van der Waals surface area contributed by atoms with Crippen molar-refractivity contribution < 1.29 is 9.59 Å². The highest BCUT2D eigenvalue weighted by Crippen LogP contribution is 2.46. The van der Waals surface area contributed by atoms with Crippen molar-refractivity contribution in [1.29, 1.82) is 0 Å². The molecule has 0 saturated carbocycles. The Kier molecular flexibility index (Phi) is 4.32. The molecule has 2 aliphatic rings. The molecule has 2 atom stereocenters. The molecule has 4 nitrogen and oxygen atoms in total. The Balaban J connectivity index is 1.64. The maximum Gasteiger partial charge on any atom is 0.257 e. The Labute approximate surface area is 162 Å². The zero-order valence-corrected chi connectivity index (χ0v) is 16.1. The van der Waals surface area contributed by atoms with Crippen LogP contribution in [0.15, 0.2) is 48.5 Å². The van der Waals surface area contributed by atoms with Crippen LogP contribution in [-0.4, -0.2) is 33.5 Å². The maximum atomic E-state index is 13.0. The number of nitrogens with zero attached hydrogens (tertiary/aromatic N) is 2. The van der Waals surface area contributed by atoms with Crippen molar-refractivity contribution in [3.63, 3.8) is 0 Å². The van der Waals surface area contributed by atoms with Gasteiger partial charge >= 0.3 is 0 Å². The number of thioether (sulfide) groups is 1. The van der Waals surface area contributed by atoms with Crippen molar-refractivity contribution >= 4 is 46.5 Å². The zero-order valence-electron chi connectivity index (χ0n) is 14.5. The van der Waals surface area contributed by atoms with E-state index in [-0.39, 0.29) is 23.1 Å². The van der Waals surface area contributed by atoms with Gasteiger partial charge in [0, 0.05) is 11.3 Å². The molecule has 6 heteroatoms. The number of anilines is 1. The fraction of sp³-hybridized carbons (Fsp3) is 0.250. The summed E-state index contributed by atoms with van der Waals surface area (Å²) in [4.78, 5) is 28.1. The predicted molar refractivity (Wildman–Crippen MR) is 109 cm³/mol. The molecule has 0 radical (unpaired) electrons. The summed E-state index contributed by atoms with van der Waals surface area (Å²) in [5.41, 5.74) is 3.71. The number of carbonyl (C=O) groups excluding carboxylic acids is 2. The topological polar surface area (TPSA) is 40.6 Å². The number of aryl methyl sites for hydroxylation is 1. The first-order valence-electron chi connectivity index (χ1n) is 8.43. The van der Waals surface area contributed by atoms with Gasteiger partial charge in [-0.15, -0.1) is 11.8 Å². The van der Waals surface area contributed by atoms with Gasteiger partial charge in [-0.25, -0.2) is 0 Å². The first kappa shape index (κ1) is 17.2. The Bertz CT molecular complexity index is 893. The Morgan fingerprint density at radius 1 is 1.12 bits per heavy atom. The third-order valence-corrected chi connectivity index (χ3v) is 6.53. The summed E-state index contributed by atoms with van der Waals surface area (Å²) < 4.78 is 0. The highest BCUT2D eigenvalue weighted by molar-refractivity contribution is 7.99. The van der Waals surface area contributed by atoms with E-state index in [1.807, 2.05) is 4.90 Å². The SMILES string of the molecule is CC(=O)c1ccc(N2C(=O)[C@H]3CS[C@H](c4ccc(C)cc4)N3C2=S)cc1. The average Bonchev–Trinajstić information content (AvgIpc) is 3.17. The average molecular weight is 383 g/mol. The number of benzene rings is 2. The number of ketones is 1. The lowest BCUT2D eigenvalue weighted by Crippen LogP contribution is -2.33.